The number of ether oxygens (including phenoxy) is 1. The minimum absolute atomic E-state index is 0.0671. The van der Waals surface area contributed by atoms with Gasteiger partial charge in [-0.25, -0.2) is 0 Å². The van der Waals surface area contributed by atoms with Crippen molar-refractivity contribution in [3.63, 3.8) is 0 Å². The van der Waals surface area contributed by atoms with Gasteiger partial charge in [-0.3, -0.25) is 9.59 Å². The first-order valence-electron chi connectivity index (χ1n) is 11.3. The van der Waals surface area contributed by atoms with Crippen molar-refractivity contribution >= 4 is 34.8 Å². The second kappa shape index (κ2) is 10.5. The second-order valence-electron chi connectivity index (χ2n) is 8.68. The summed E-state index contributed by atoms with van der Waals surface area (Å²) in [5.41, 5.74) is 2.65. The van der Waals surface area contributed by atoms with E-state index in [4.69, 9.17) is 16.3 Å². The van der Waals surface area contributed by atoms with Gasteiger partial charge in [-0.1, -0.05) is 29.8 Å². The highest BCUT2D eigenvalue weighted by Gasteiger charge is 2.45. The number of amides is 2. The van der Waals surface area contributed by atoms with Crippen molar-refractivity contribution in [2.24, 2.45) is 5.92 Å². The number of likely N-dealkylation sites (N-methyl/N-ethyl adjacent to an activating group) is 1. The number of nitrogens with zero attached hydrogens (tertiary/aromatic N) is 3. The summed E-state index contributed by atoms with van der Waals surface area (Å²) in [6.45, 7) is 4.87. The zero-order valence-corrected chi connectivity index (χ0v) is 19.9. The average Bonchev–Trinajstić information content (AvgIpc) is 3.15. The van der Waals surface area contributed by atoms with Gasteiger partial charge in [-0.05, 0) is 42.9 Å². The van der Waals surface area contributed by atoms with E-state index in [2.05, 4.69) is 22.2 Å². The Kier molecular flexibility index (Phi) is 7.53. The van der Waals surface area contributed by atoms with Crippen LogP contribution in [0.25, 0.3) is 0 Å². The molecule has 2 fully saturated rings. The summed E-state index contributed by atoms with van der Waals surface area (Å²) >= 11 is 6.47. The summed E-state index contributed by atoms with van der Waals surface area (Å²) in [5, 5.41) is 3.57. The molecule has 4 rings (SSSR count). The summed E-state index contributed by atoms with van der Waals surface area (Å²) < 4.78 is 5.19. The van der Waals surface area contributed by atoms with Crippen molar-refractivity contribution in [1.82, 2.24) is 9.80 Å². The minimum Gasteiger partial charge on any atom is -0.383 e. The number of nitrogens with one attached hydrogen (secondary N) is 1. The SMILES string of the molecule is COCCN1C(=O)C[C@@H](C(=O)Nc2ccc(N3CCN(C)CC3)cc2)[C@@H]1c1ccccc1Cl. The summed E-state index contributed by atoms with van der Waals surface area (Å²) in [7, 11) is 3.73. The third-order valence-electron chi connectivity index (χ3n) is 6.53. The number of likely N-dealkylation sites (tertiary alicyclic amines) is 1. The van der Waals surface area contributed by atoms with Gasteiger partial charge >= 0.3 is 0 Å². The molecule has 2 atom stereocenters. The predicted octanol–water partition coefficient (Wildman–Crippen LogP) is 3.27. The number of carbonyl (C=O) groups is 2. The third kappa shape index (κ3) is 5.32. The maximum absolute atomic E-state index is 13.3. The van der Waals surface area contributed by atoms with E-state index in [-0.39, 0.29) is 18.2 Å². The molecule has 0 aliphatic carbocycles. The molecule has 2 aliphatic heterocycles. The highest BCUT2D eigenvalue weighted by Crippen LogP contribution is 2.41. The monoisotopic (exact) mass is 470 g/mol. The molecule has 2 aromatic carbocycles. The van der Waals surface area contributed by atoms with Gasteiger partial charge in [0.1, 0.15) is 0 Å². The van der Waals surface area contributed by atoms with Crippen LogP contribution in [0.4, 0.5) is 11.4 Å². The molecule has 0 bridgehead atoms. The van der Waals surface area contributed by atoms with Crippen LogP contribution in [0.5, 0.6) is 0 Å². The van der Waals surface area contributed by atoms with Crippen LogP contribution >= 0.6 is 11.6 Å². The van der Waals surface area contributed by atoms with E-state index in [1.165, 1.54) is 0 Å². The van der Waals surface area contributed by atoms with Gasteiger partial charge in [0.05, 0.1) is 18.6 Å². The van der Waals surface area contributed by atoms with Gasteiger partial charge in [-0.2, -0.15) is 0 Å². The lowest BCUT2D eigenvalue weighted by molar-refractivity contribution is -0.129. The van der Waals surface area contributed by atoms with E-state index in [0.717, 1.165) is 43.1 Å². The first kappa shape index (κ1) is 23.5. The highest BCUT2D eigenvalue weighted by molar-refractivity contribution is 6.31. The molecular formula is C25H31ClN4O3. The molecule has 2 amide bonds. The van der Waals surface area contributed by atoms with Crippen molar-refractivity contribution < 1.29 is 14.3 Å². The maximum atomic E-state index is 13.3. The van der Waals surface area contributed by atoms with Crippen LogP contribution in [0.1, 0.15) is 18.0 Å². The number of halogens is 1. The van der Waals surface area contributed by atoms with Crippen LogP contribution in [0, 0.1) is 5.92 Å². The van der Waals surface area contributed by atoms with Crippen LogP contribution in [-0.4, -0.2) is 75.1 Å². The lowest BCUT2D eigenvalue weighted by Crippen LogP contribution is -2.44. The van der Waals surface area contributed by atoms with Gasteiger partial charge in [-0.15, -0.1) is 0 Å². The molecule has 8 heteroatoms. The quantitative estimate of drug-likeness (QED) is 0.672. The molecule has 0 spiro atoms. The summed E-state index contributed by atoms with van der Waals surface area (Å²) in [5.74, 6) is -0.783. The van der Waals surface area contributed by atoms with Crippen molar-refractivity contribution in [1.29, 1.82) is 0 Å². The molecule has 2 aliphatic rings. The lowest BCUT2D eigenvalue weighted by atomic mass is 9.92. The van der Waals surface area contributed by atoms with Gasteiger partial charge < -0.3 is 24.8 Å². The topological polar surface area (TPSA) is 65.1 Å². The molecule has 33 heavy (non-hydrogen) atoms. The maximum Gasteiger partial charge on any atom is 0.230 e. The summed E-state index contributed by atoms with van der Waals surface area (Å²) in [6, 6.07) is 14.9. The lowest BCUT2D eigenvalue weighted by Gasteiger charge is -2.34. The molecule has 7 nitrogen and oxygen atoms in total. The number of methoxy groups -OCH3 is 1. The minimum atomic E-state index is -0.536. The van der Waals surface area contributed by atoms with Gasteiger partial charge in [0.25, 0.3) is 0 Å². The van der Waals surface area contributed by atoms with E-state index < -0.39 is 12.0 Å². The molecule has 176 valence electrons. The number of rotatable bonds is 7. The molecule has 0 unspecified atom stereocenters. The third-order valence-corrected chi connectivity index (χ3v) is 6.88. The molecule has 2 aromatic rings. The molecule has 0 saturated carbocycles. The van der Waals surface area contributed by atoms with Crippen molar-refractivity contribution in [2.75, 3.05) is 63.7 Å². The van der Waals surface area contributed by atoms with E-state index in [1.807, 2.05) is 42.5 Å². The van der Waals surface area contributed by atoms with E-state index in [0.29, 0.717) is 18.2 Å². The Labute approximate surface area is 200 Å². The number of carbonyl (C=O) groups excluding carboxylic acids is 2. The fourth-order valence-electron chi connectivity index (χ4n) is 4.63. The van der Waals surface area contributed by atoms with E-state index in [1.54, 1.807) is 18.1 Å². The first-order valence-corrected chi connectivity index (χ1v) is 11.7. The Bertz CT molecular complexity index is 976. The van der Waals surface area contributed by atoms with E-state index in [9.17, 15) is 9.59 Å². The normalized spacial score (nSPS) is 21.5. The van der Waals surface area contributed by atoms with Crippen molar-refractivity contribution in [3.05, 3.63) is 59.1 Å². The smallest absolute Gasteiger partial charge is 0.230 e. The predicted molar refractivity (Wildman–Crippen MR) is 131 cm³/mol. The molecule has 2 saturated heterocycles. The second-order valence-corrected chi connectivity index (χ2v) is 9.09. The van der Waals surface area contributed by atoms with Crippen LogP contribution in [0.15, 0.2) is 48.5 Å². The van der Waals surface area contributed by atoms with Gasteiger partial charge in [0, 0.05) is 62.7 Å². The standard InChI is InChI=1S/C25H31ClN4O3/c1-28-11-13-29(14-12-28)19-9-7-18(8-10-19)27-25(32)21-17-23(31)30(15-16-33-2)24(21)20-5-3-4-6-22(20)26/h3-10,21,24H,11-17H2,1-2H3,(H,27,32)/t21-,24+/m1/s1. The zero-order chi connectivity index (χ0) is 23.4. The van der Waals surface area contributed by atoms with Crippen LogP contribution in [0.3, 0.4) is 0 Å². The Balaban J connectivity index is 1.50. The molecular weight excluding hydrogens is 440 g/mol. The molecule has 1 N–H and O–H groups in total. The fourth-order valence-corrected chi connectivity index (χ4v) is 4.88. The Morgan fingerprint density at radius 2 is 1.79 bits per heavy atom. The molecule has 0 aromatic heterocycles. The van der Waals surface area contributed by atoms with Crippen molar-refractivity contribution in [3.8, 4) is 0 Å². The highest BCUT2D eigenvalue weighted by atomic mass is 35.5. The first-order chi connectivity index (χ1) is 16.0. The largest absolute Gasteiger partial charge is 0.383 e. The van der Waals surface area contributed by atoms with Crippen LogP contribution in [-0.2, 0) is 14.3 Å². The van der Waals surface area contributed by atoms with Crippen LogP contribution in [0.2, 0.25) is 5.02 Å². The molecule has 0 radical (unpaired) electrons. The molecule has 2 heterocycles. The zero-order valence-electron chi connectivity index (χ0n) is 19.2. The van der Waals surface area contributed by atoms with Gasteiger partial charge in [0.2, 0.25) is 11.8 Å². The van der Waals surface area contributed by atoms with Crippen molar-refractivity contribution in [2.45, 2.75) is 12.5 Å². The number of hydrogen-bond acceptors (Lipinski definition) is 5. The fraction of sp³-hybridized carbons (Fsp3) is 0.440. The summed E-state index contributed by atoms with van der Waals surface area (Å²) in [4.78, 5) is 32.5. The van der Waals surface area contributed by atoms with Gasteiger partial charge in [0.15, 0.2) is 0 Å². The number of anilines is 2. The number of hydrogen-bond donors (Lipinski definition) is 1. The number of piperazine rings is 1. The summed E-state index contributed by atoms with van der Waals surface area (Å²) in [6.07, 6.45) is 0.144. The number of benzene rings is 2. The Morgan fingerprint density at radius 3 is 2.45 bits per heavy atom. The van der Waals surface area contributed by atoms with E-state index >= 15 is 0 Å². The van der Waals surface area contributed by atoms with Crippen LogP contribution < -0.4 is 10.2 Å². The Hall–Kier alpha value is -2.61. The average molecular weight is 471 g/mol. The Morgan fingerprint density at radius 1 is 1.09 bits per heavy atom.